The Morgan fingerprint density at radius 1 is 1.48 bits per heavy atom. The Kier molecular flexibility index (Phi) is 4.76. The van der Waals surface area contributed by atoms with Gasteiger partial charge in [-0.3, -0.25) is 14.3 Å². The van der Waals surface area contributed by atoms with Crippen LogP contribution < -0.4 is 10.9 Å². The van der Waals surface area contributed by atoms with E-state index in [0.29, 0.717) is 24.2 Å². The van der Waals surface area contributed by atoms with Crippen LogP contribution in [-0.2, 0) is 24.2 Å². The molecular formula is C18H24N4O3. The molecule has 2 atom stereocenters. The highest BCUT2D eigenvalue weighted by Crippen LogP contribution is 2.32. The van der Waals surface area contributed by atoms with Crippen LogP contribution in [0.2, 0.25) is 0 Å². The number of hydrogen-bond donors (Lipinski definition) is 2. The van der Waals surface area contributed by atoms with E-state index < -0.39 is 0 Å². The maximum Gasteiger partial charge on any atom is 0.272 e. The monoisotopic (exact) mass is 344 g/mol. The van der Waals surface area contributed by atoms with E-state index >= 15 is 0 Å². The molecule has 0 fully saturated rings. The van der Waals surface area contributed by atoms with Gasteiger partial charge in [0.05, 0.1) is 17.9 Å². The summed E-state index contributed by atoms with van der Waals surface area (Å²) in [5, 5.41) is 7.31. The number of carbonyl (C=O) groups is 1. The van der Waals surface area contributed by atoms with Gasteiger partial charge in [-0.15, -0.1) is 0 Å². The fraction of sp³-hybridized carbons (Fsp3) is 0.500. The van der Waals surface area contributed by atoms with Crippen LogP contribution in [0.25, 0.3) is 0 Å². The number of carbonyl (C=O) groups excluding carboxylic acids is 1. The van der Waals surface area contributed by atoms with Crippen LogP contribution in [0.5, 0.6) is 0 Å². The zero-order valence-electron chi connectivity index (χ0n) is 15.0. The molecule has 3 heterocycles. The molecule has 1 amide bonds. The van der Waals surface area contributed by atoms with Gasteiger partial charge in [-0.05, 0) is 39.3 Å². The number of ether oxygens (including phenoxy) is 1. The van der Waals surface area contributed by atoms with Crippen molar-refractivity contribution in [2.24, 2.45) is 0 Å². The number of H-pyrrole nitrogens is 1. The lowest BCUT2D eigenvalue weighted by Crippen LogP contribution is -2.29. The predicted octanol–water partition coefficient (Wildman–Crippen LogP) is 1.85. The number of hydrogen-bond acceptors (Lipinski definition) is 4. The zero-order valence-corrected chi connectivity index (χ0v) is 15.0. The molecule has 25 heavy (non-hydrogen) atoms. The molecule has 134 valence electrons. The molecule has 0 bridgehead atoms. The van der Waals surface area contributed by atoms with Crippen molar-refractivity contribution >= 4 is 5.91 Å². The average Bonchev–Trinajstić information content (AvgIpc) is 2.94. The molecule has 0 spiro atoms. The summed E-state index contributed by atoms with van der Waals surface area (Å²) in [6, 6.07) is 1.78. The van der Waals surface area contributed by atoms with Crippen LogP contribution in [0, 0.1) is 6.92 Å². The van der Waals surface area contributed by atoms with E-state index in [1.54, 1.807) is 12.3 Å². The summed E-state index contributed by atoms with van der Waals surface area (Å²) in [6.07, 6.45) is 2.26. The normalized spacial score (nSPS) is 19.5. The quantitative estimate of drug-likeness (QED) is 0.886. The average molecular weight is 344 g/mol. The van der Waals surface area contributed by atoms with Gasteiger partial charge < -0.3 is 15.0 Å². The van der Waals surface area contributed by atoms with Gasteiger partial charge in [0, 0.05) is 36.8 Å². The molecule has 1 aliphatic rings. The first-order chi connectivity index (χ1) is 11.9. The highest BCUT2D eigenvalue weighted by Gasteiger charge is 2.31. The number of nitrogens with one attached hydrogen (secondary N) is 2. The van der Waals surface area contributed by atoms with Crippen molar-refractivity contribution in [1.82, 2.24) is 20.1 Å². The molecule has 2 N–H and O–H groups in total. The summed E-state index contributed by atoms with van der Waals surface area (Å²) in [7, 11) is 0. The minimum absolute atomic E-state index is 0.0446. The molecule has 3 rings (SSSR count). The molecule has 0 unspecified atom stereocenters. The summed E-state index contributed by atoms with van der Waals surface area (Å²) in [6.45, 7) is 8.71. The van der Waals surface area contributed by atoms with Crippen molar-refractivity contribution < 1.29 is 9.53 Å². The van der Waals surface area contributed by atoms with E-state index in [-0.39, 0.29) is 30.2 Å². The molecule has 0 aromatic carbocycles. The van der Waals surface area contributed by atoms with Gasteiger partial charge in [0.25, 0.3) is 11.5 Å². The van der Waals surface area contributed by atoms with E-state index in [1.807, 2.05) is 32.4 Å². The second kappa shape index (κ2) is 6.84. The Hall–Kier alpha value is -2.41. The topological polar surface area (TPSA) is 89.0 Å². The largest absolute Gasteiger partial charge is 0.369 e. The summed E-state index contributed by atoms with van der Waals surface area (Å²) in [5.74, 6) is -0.259. The van der Waals surface area contributed by atoms with Crippen molar-refractivity contribution in [1.29, 1.82) is 0 Å². The number of nitrogens with zero attached hydrogens (tertiary/aromatic N) is 2. The predicted molar refractivity (Wildman–Crippen MR) is 93.5 cm³/mol. The molecule has 0 radical (unpaired) electrons. The van der Waals surface area contributed by atoms with Crippen LogP contribution in [0.3, 0.4) is 0 Å². The second-order valence-corrected chi connectivity index (χ2v) is 6.54. The lowest BCUT2D eigenvalue weighted by Gasteiger charge is -2.26. The molecule has 1 aliphatic heterocycles. The minimum Gasteiger partial charge on any atom is -0.369 e. The minimum atomic E-state index is -0.259. The standard InChI is InChI=1S/C18H24N4O3/c1-5-22-16-12(4)25-11(3)7-14(16)15(21-22)18(24)20-9-13-6-10(2)8-19-17(13)23/h6,8,11-12H,5,7,9H2,1-4H3,(H,19,23)(H,20,24)/t11-,12+/m1/s1. The third kappa shape index (κ3) is 3.37. The summed E-state index contributed by atoms with van der Waals surface area (Å²) in [4.78, 5) is 27.2. The molecule has 0 aliphatic carbocycles. The van der Waals surface area contributed by atoms with Crippen molar-refractivity contribution in [2.75, 3.05) is 0 Å². The lowest BCUT2D eigenvalue weighted by atomic mass is 9.99. The fourth-order valence-electron chi connectivity index (χ4n) is 3.39. The molecular weight excluding hydrogens is 320 g/mol. The van der Waals surface area contributed by atoms with Crippen LogP contribution in [0.4, 0.5) is 0 Å². The first-order valence-corrected chi connectivity index (χ1v) is 8.62. The number of amides is 1. The number of rotatable bonds is 4. The summed E-state index contributed by atoms with van der Waals surface area (Å²) < 4.78 is 7.70. The van der Waals surface area contributed by atoms with E-state index in [2.05, 4.69) is 15.4 Å². The van der Waals surface area contributed by atoms with E-state index in [9.17, 15) is 9.59 Å². The summed E-state index contributed by atoms with van der Waals surface area (Å²) in [5.41, 5.74) is 3.63. The van der Waals surface area contributed by atoms with E-state index in [0.717, 1.165) is 16.8 Å². The zero-order chi connectivity index (χ0) is 18.1. The molecule has 7 heteroatoms. The number of fused-ring (bicyclic) bond motifs is 1. The maximum absolute atomic E-state index is 12.7. The van der Waals surface area contributed by atoms with Gasteiger partial charge in [-0.2, -0.15) is 5.10 Å². The first-order valence-electron chi connectivity index (χ1n) is 8.62. The molecule has 2 aromatic rings. The molecule has 0 saturated heterocycles. The third-order valence-corrected chi connectivity index (χ3v) is 4.49. The Bertz CT molecular complexity index is 852. The Morgan fingerprint density at radius 2 is 2.24 bits per heavy atom. The number of aromatic amines is 1. The number of aromatic nitrogens is 3. The van der Waals surface area contributed by atoms with Crippen LogP contribution in [0.1, 0.15) is 59.7 Å². The molecule has 2 aromatic heterocycles. The second-order valence-electron chi connectivity index (χ2n) is 6.54. The van der Waals surface area contributed by atoms with Gasteiger partial charge in [0.1, 0.15) is 0 Å². The van der Waals surface area contributed by atoms with Crippen molar-refractivity contribution in [3.8, 4) is 0 Å². The van der Waals surface area contributed by atoms with Gasteiger partial charge in [0.2, 0.25) is 0 Å². The van der Waals surface area contributed by atoms with Gasteiger partial charge >= 0.3 is 0 Å². The Morgan fingerprint density at radius 3 is 2.96 bits per heavy atom. The van der Waals surface area contributed by atoms with Crippen molar-refractivity contribution in [3.63, 3.8) is 0 Å². The molecule has 0 saturated carbocycles. The van der Waals surface area contributed by atoms with Crippen LogP contribution in [-0.4, -0.2) is 26.8 Å². The fourth-order valence-corrected chi connectivity index (χ4v) is 3.39. The SMILES string of the molecule is CCn1nc(C(=O)NCc2cc(C)c[nH]c2=O)c2c1[C@H](C)O[C@H](C)C2. The van der Waals surface area contributed by atoms with Crippen LogP contribution >= 0.6 is 0 Å². The Balaban J connectivity index is 1.85. The highest BCUT2D eigenvalue weighted by molar-refractivity contribution is 5.94. The van der Waals surface area contributed by atoms with Gasteiger partial charge in [0.15, 0.2) is 5.69 Å². The van der Waals surface area contributed by atoms with Crippen molar-refractivity contribution in [2.45, 2.75) is 59.4 Å². The van der Waals surface area contributed by atoms with Gasteiger partial charge in [-0.1, -0.05) is 0 Å². The lowest BCUT2D eigenvalue weighted by molar-refractivity contribution is -0.00948. The summed E-state index contributed by atoms with van der Waals surface area (Å²) >= 11 is 0. The van der Waals surface area contributed by atoms with Gasteiger partial charge in [-0.25, -0.2) is 0 Å². The smallest absolute Gasteiger partial charge is 0.272 e. The number of aryl methyl sites for hydroxylation is 2. The molecule has 7 nitrogen and oxygen atoms in total. The maximum atomic E-state index is 12.7. The van der Waals surface area contributed by atoms with E-state index in [4.69, 9.17) is 4.74 Å². The van der Waals surface area contributed by atoms with E-state index in [1.165, 1.54) is 0 Å². The Labute approximate surface area is 146 Å². The highest BCUT2D eigenvalue weighted by atomic mass is 16.5. The first kappa shape index (κ1) is 17.4. The van der Waals surface area contributed by atoms with Crippen LogP contribution in [0.15, 0.2) is 17.1 Å². The third-order valence-electron chi connectivity index (χ3n) is 4.49. The van der Waals surface area contributed by atoms with Crippen molar-refractivity contribution in [3.05, 3.63) is 50.7 Å². The number of pyridine rings is 1.